The number of methoxy groups -OCH3 is 1. The molecule has 1 saturated carbocycles. The zero-order chi connectivity index (χ0) is 15.2. The quantitative estimate of drug-likeness (QED) is 0.867. The van der Waals surface area contributed by atoms with Crippen LogP contribution in [0.25, 0.3) is 0 Å². The first kappa shape index (κ1) is 16.2. The molecule has 0 saturated heterocycles. The lowest BCUT2D eigenvalue weighted by molar-refractivity contribution is 0.0499. The second kappa shape index (κ2) is 7.69. The third-order valence-corrected chi connectivity index (χ3v) is 4.77. The molecule has 0 amide bonds. The van der Waals surface area contributed by atoms with E-state index in [1.165, 1.54) is 24.9 Å². The van der Waals surface area contributed by atoms with Gasteiger partial charge in [-0.1, -0.05) is 19.8 Å². The summed E-state index contributed by atoms with van der Waals surface area (Å²) in [7, 11) is 3.79. The maximum absolute atomic E-state index is 10.3. The Balaban J connectivity index is 1.94. The normalized spacial score (nSPS) is 25.6. The van der Waals surface area contributed by atoms with Gasteiger partial charge in [-0.05, 0) is 49.4 Å². The second-order valence-electron chi connectivity index (χ2n) is 6.37. The molecule has 0 aromatic heterocycles. The van der Waals surface area contributed by atoms with E-state index in [0.717, 1.165) is 31.1 Å². The summed E-state index contributed by atoms with van der Waals surface area (Å²) in [5.74, 6) is 2.07. The van der Waals surface area contributed by atoms with Gasteiger partial charge < -0.3 is 14.7 Å². The molecule has 3 atom stereocenters. The van der Waals surface area contributed by atoms with Crippen LogP contribution in [0.1, 0.15) is 39.0 Å². The Labute approximate surface area is 128 Å². The van der Waals surface area contributed by atoms with Gasteiger partial charge in [0, 0.05) is 25.2 Å². The summed E-state index contributed by atoms with van der Waals surface area (Å²) < 4.78 is 5.20. The van der Waals surface area contributed by atoms with Crippen LogP contribution in [0.3, 0.4) is 0 Å². The molecule has 1 aromatic rings. The topological polar surface area (TPSA) is 32.7 Å². The van der Waals surface area contributed by atoms with Crippen molar-refractivity contribution in [2.75, 3.05) is 25.6 Å². The molecule has 0 spiro atoms. The first-order chi connectivity index (χ1) is 10.1. The number of nitrogens with zero attached hydrogens (tertiary/aromatic N) is 1. The van der Waals surface area contributed by atoms with Crippen LogP contribution in [-0.4, -0.2) is 31.9 Å². The Morgan fingerprint density at radius 3 is 2.57 bits per heavy atom. The molecule has 3 heteroatoms. The monoisotopic (exact) mass is 291 g/mol. The molecule has 0 heterocycles. The van der Waals surface area contributed by atoms with Gasteiger partial charge in [0.1, 0.15) is 5.75 Å². The van der Waals surface area contributed by atoms with Gasteiger partial charge in [0.15, 0.2) is 0 Å². The third-order valence-electron chi connectivity index (χ3n) is 4.77. The van der Waals surface area contributed by atoms with Gasteiger partial charge >= 0.3 is 0 Å². The highest BCUT2D eigenvalue weighted by molar-refractivity contribution is 5.48. The molecule has 1 aliphatic rings. The molecule has 1 N–H and O–H groups in total. The standard InChI is InChI=1S/C18H29NO2/c1-4-5-14-6-11-18(20)15(12-14)13-19(2)16-7-9-17(21-3)10-8-16/h7-10,14-15,18,20H,4-6,11-13H2,1-3H3. The zero-order valence-electron chi connectivity index (χ0n) is 13.6. The van der Waals surface area contributed by atoms with Gasteiger partial charge in [0.25, 0.3) is 0 Å². The molecule has 1 fully saturated rings. The van der Waals surface area contributed by atoms with Gasteiger partial charge in [-0.3, -0.25) is 0 Å². The van der Waals surface area contributed by atoms with Gasteiger partial charge in [0.2, 0.25) is 0 Å². The summed E-state index contributed by atoms with van der Waals surface area (Å²) in [6.45, 7) is 3.18. The van der Waals surface area contributed by atoms with Crippen LogP contribution in [0.5, 0.6) is 5.75 Å². The Morgan fingerprint density at radius 1 is 1.24 bits per heavy atom. The van der Waals surface area contributed by atoms with E-state index in [2.05, 4.69) is 31.0 Å². The number of hydrogen-bond donors (Lipinski definition) is 1. The molecule has 1 aliphatic carbocycles. The number of anilines is 1. The fourth-order valence-corrected chi connectivity index (χ4v) is 3.51. The highest BCUT2D eigenvalue weighted by Crippen LogP contribution is 2.33. The van der Waals surface area contributed by atoms with Crippen LogP contribution < -0.4 is 9.64 Å². The number of aliphatic hydroxyl groups excluding tert-OH is 1. The van der Waals surface area contributed by atoms with E-state index in [-0.39, 0.29) is 6.10 Å². The first-order valence-electron chi connectivity index (χ1n) is 8.17. The maximum atomic E-state index is 10.3. The van der Waals surface area contributed by atoms with Crippen molar-refractivity contribution in [1.29, 1.82) is 0 Å². The second-order valence-corrected chi connectivity index (χ2v) is 6.37. The van der Waals surface area contributed by atoms with Crippen LogP contribution in [0.15, 0.2) is 24.3 Å². The van der Waals surface area contributed by atoms with Crippen molar-refractivity contribution in [3.8, 4) is 5.75 Å². The van der Waals surface area contributed by atoms with Crippen molar-refractivity contribution < 1.29 is 9.84 Å². The molecule has 0 radical (unpaired) electrons. The molecule has 1 aromatic carbocycles. The Kier molecular flexibility index (Phi) is 5.92. The molecule has 3 unspecified atom stereocenters. The van der Waals surface area contributed by atoms with E-state index >= 15 is 0 Å². The van der Waals surface area contributed by atoms with E-state index < -0.39 is 0 Å². The average molecular weight is 291 g/mol. The zero-order valence-corrected chi connectivity index (χ0v) is 13.6. The van der Waals surface area contributed by atoms with E-state index in [1.54, 1.807) is 7.11 Å². The lowest BCUT2D eigenvalue weighted by Gasteiger charge is -2.36. The summed E-state index contributed by atoms with van der Waals surface area (Å²) in [5.41, 5.74) is 1.18. The summed E-state index contributed by atoms with van der Waals surface area (Å²) in [4.78, 5) is 2.25. The van der Waals surface area contributed by atoms with Crippen LogP contribution >= 0.6 is 0 Å². The maximum Gasteiger partial charge on any atom is 0.119 e. The van der Waals surface area contributed by atoms with Gasteiger partial charge in [-0.15, -0.1) is 0 Å². The van der Waals surface area contributed by atoms with Gasteiger partial charge in [0.05, 0.1) is 13.2 Å². The lowest BCUT2D eigenvalue weighted by Crippen LogP contribution is -2.37. The van der Waals surface area contributed by atoms with Crippen LogP contribution in [-0.2, 0) is 0 Å². The summed E-state index contributed by atoms with van der Waals surface area (Å²) in [5, 5.41) is 10.3. The Bertz CT molecular complexity index is 418. The summed E-state index contributed by atoms with van der Waals surface area (Å²) >= 11 is 0. The number of ether oxygens (including phenoxy) is 1. The van der Waals surface area contributed by atoms with Crippen molar-refractivity contribution in [2.24, 2.45) is 11.8 Å². The van der Waals surface area contributed by atoms with Crippen molar-refractivity contribution >= 4 is 5.69 Å². The van der Waals surface area contributed by atoms with Crippen molar-refractivity contribution in [3.63, 3.8) is 0 Å². The Hall–Kier alpha value is -1.22. The Morgan fingerprint density at radius 2 is 1.95 bits per heavy atom. The van der Waals surface area contributed by atoms with E-state index in [1.807, 2.05) is 12.1 Å². The van der Waals surface area contributed by atoms with Crippen LogP contribution in [0.4, 0.5) is 5.69 Å². The minimum atomic E-state index is -0.140. The number of rotatable bonds is 6. The summed E-state index contributed by atoms with van der Waals surface area (Å²) in [6.07, 6.45) is 5.73. The number of benzene rings is 1. The minimum Gasteiger partial charge on any atom is -0.497 e. The predicted molar refractivity (Wildman–Crippen MR) is 88.0 cm³/mol. The van der Waals surface area contributed by atoms with E-state index in [9.17, 15) is 5.11 Å². The molecular weight excluding hydrogens is 262 g/mol. The SMILES string of the molecule is CCCC1CCC(O)C(CN(C)c2ccc(OC)cc2)C1. The fraction of sp³-hybridized carbons (Fsp3) is 0.667. The first-order valence-corrected chi connectivity index (χ1v) is 8.17. The van der Waals surface area contributed by atoms with E-state index in [0.29, 0.717) is 5.92 Å². The highest BCUT2D eigenvalue weighted by Gasteiger charge is 2.29. The lowest BCUT2D eigenvalue weighted by atomic mass is 9.77. The van der Waals surface area contributed by atoms with Crippen molar-refractivity contribution in [1.82, 2.24) is 0 Å². The number of hydrogen-bond acceptors (Lipinski definition) is 3. The number of aliphatic hydroxyl groups is 1. The highest BCUT2D eigenvalue weighted by atomic mass is 16.5. The fourth-order valence-electron chi connectivity index (χ4n) is 3.51. The van der Waals surface area contributed by atoms with Crippen molar-refractivity contribution in [3.05, 3.63) is 24.3 Å². The molecule has 3 nitrogen and oxygen atoms in total. The van der Waals surface area contributed by atoms with Crippen molar-refractivity contribution in [2.45, 2.75) is 45.1 Å². The smallest absolute Gasteiger partial charge is 0.119 e. The molecule has 21 heavy (non-hydrogen) atoms. The van der Waals surface area contributed by atoms with Gasteiger partial charge in [-0.25, -0.2) is 0 Å². The summed E-state index contributed by atoms with van der Waals surface area (Å²) in [6, 6.07) is 8.14. The predicted octanol–water partition coefficient (Wildman–Crippen LogP) is 3.71. The molecule has 0 bridgehead atoms. The minimum absolute atomic E-state index is 0.140. The van der Waals surface area contributed by atoms with Gasteiger partial charge in [-0.2, -0.15) is 0 Å². The van der Waals surface area contributed by atoms with E-state index in [4.69, 9.17) is 4.74 Å². The largest absolute Gasteiger partial charge is 0.497 e. The third kappa shape index (κ3) is 4.37. The molecule has 0 aliphatic heterocycles. The van der Waals surface area contributed by atoms with Crippen LogP contribution in [0.2, 0.25) is 0 Å². The molecule has 2 rings (SSSR count). The average Bonchev–Trinajstić information content (AvgIpc) is 2.51. The van der Waals surface area contributed by atoms with Crippen LogP contribution in [0, 0.1) is 11.8 Å². The molecule has 118 valence electrons. The molecular formula is C18H29NO2.